The van der Waals surface area contributed by atoms with E-state index < -0.39 is 97.5 Å². The fourth-order valence-corrected chi connectivity index (χ4v) is 12.9. The highest BCUT2D eigenvalue weighted by Crippen LogP contribution is 2.45. The number of rotatable bonds is 72. The Balaban J connectivity index is 5.27. The molecule has 0 aliphatic rings. The second kappa shape index (κ2) is 64.4. The van der Waals surface area contributed by atoms with Crippen molar-refractivity contribution in [3.8, 4) is 0 Å². The van der Waals surface area contributed by atoms with Crippen LogP contribution in [0.15, 0.2) is 0 Å². The number of hydrogen-bond acceptors (Lipinski definition) is 15. The van der Waals surface area contributed by atoms with Crippen LogP contribution in [0.25, 0.3) is 0 Å². The minimum Gasteiger partial charge on any atom is -0.462 e. The molecule has 0 aliphatic heterocycles. The highest BCUT2D eigenvalue weighted by Gasteiger charge is 2.30. The zero-order valence-electron chi connectivity index (χ0n) is 61.6. The van der Waals surface area contributed by atoms with Gasteiger partial charge in [0.25, 0.3) is 0 Å². The molecule has 0 heterocycles. The third kappa shape index (κ3) is 67.3. The molecule has 0 aromatic heterocycles. The lowest BCUT2D eigenvalue weighted by molar-refractivity contribution is -0.161. The maximum atomic E-state index is 13.1. The van der Waals surface area contributed by atoms with E-state index in [0.717, 1.165) is 114 Å². The molecule has 17 nitrogen and oxygen atoms in total. The van der Waals surface area contributed by atoms with Gasteiger partial charge in [0, 0.05) is 25.7 Å². The van der Waals surface area contributed by atoms with Crippen molar-refractivity contribution in [2.24, 2.45) is 23.7 Å². The standard InChI is InChI=1S/C75H146O17P2/c1-9-68(8)54-46-38-30-21-16-18-24-34-42-50-58-75(80)92-71(62-86-73(78)56-48-40-32-26-25-29-37-45-53-67(6)7)64-90-94(83,84)88-60-69(76)59-87-93(81,82)89-63-70(61-85-72(77)55-47-39-31-22-17-15-20-28-36-44-52-66(4)5)91-74(79)57-49-41-33-23-14-12-10-11-13-19-27-35-43-51-65(2)3/h65-71,76H,9-64H2,1-8H3,(H,81,82)(H,83,84)/t68?,69?,70-,71-/m1/s1. The molecule has 0 spiro atoms. The molecule has 94 heavy (non-hydrogen) atoms. The van der Waals surface area contributed by atoms with Gasteiger partial charge < -0.3 is 33.8 Å². The number of aliphatic hydroxyl groups is 1. The summed E-state index contributed by atoms with van der Waals surface area (Å²) in [5.41, 5.74) is 0. The fourth-order valence-electron chi connectivity index (χ4n) is 11.3. The third-order valence-electron chi connectivity index (χ3n) is 17.7. The van der Waals surface area contributed by atoms with E-state index in [-0.39, 0.29) is 25.7 Å². The predicted molar refractivity (Wildman–Crippen MR) is 381 cm³/mol. The first-order valence-corrected chi connectivity index (χ1v) is 41.7. The van der Waals surface area contributed by atoms with E-state index in [0.29, 0.717) is 25.7 Å². The van der Waals surface area contributed by atoms with Crippen molar-refractivity contribution >= 4 is 39.5 Å². The zero-order chi connectivity index (χ0) is 69.6. The Labute approximate surface area is 575 Å². The number of aliphatic hydroxyl groups excluding tert-OH is 1. The van der Waals surface area contributed by atoms with E-state index in [1.54, 1.807) is 0 Å². The lowest BCUT2D eigenvalue weighted by Crippen LogP contribution is -2.30. The van der Waals surface area contributed by atoms with Crippen molar-refractivity contribution in [2.45, 2.75) is 395 Å². The van der Waals surface area contributed by atoms with Gasteiger partial charge in [-0.3, -0.25) is 37.3 Å². The molecule has 0 rings (SSSR count). The maximum Gasteiger partial charge on any atom is 0.472 e. The first-order chi connectivity index (χ1) is 45.1. The van der Waals surface area contributed by atoms with Crippen molar-refractivity contribution in [1.82, 2.24) is 0 Å². The van der Waals surface area contributed by atoms with Gasteiger partial charge in [-0.2, -0.15) is 0 Å². The molecule has 0 fully saturated rings. The number of carbonyl (C=O) groups excluding carboxylic acids is 4. The molecule has 4 unspecified atom stereocenters. The molecular formula is C75H146O17P2. The molecule has 3 N–H and O–H groups in total. The van der Waals surface area contributed by atoms with Gasteiger partial charge in [-0.25, -0.2) is 9.13 Å². The molecule has 0 aromatic rings. The predicted octanol–water partition coefficient (Wildman–Crippen LogP) is 21.7. The maximum absolute atomic E-state index is 13.1. The Morgan fingerprint density at radius 2 is 0.511 bits per heavy atom. The molecule has 0 aliphatic carbocycles. The molecule has 0 saturated carbocycles. The van der Waals surface area contributed by atoms with Gasteiger partial charge in [-0.05, 0) is 49.4 Å². The Kier molecular flexibility index (Phi) is 63.1. The Hall–Kier alpha value is -1.94. The monoisotopic (exact) mass is 1380 g/mol. The van der Waals surface area contributed by atoms with Gasteiger partial charge in [-0.15, -0.1) is 0 Å². The van der Waals surface area contributed by atoms with Crippen LogP contribution in [0.3, 0.4) is 0 Å². The van der Waals surface area contributed by atoms with E-state index in [9.17, 15) is 43.2 Å². The van der Waals surface area contributed by atoms with Crippen LogP contribution in [0.1, 0.15) is 376 Å². The van der Waals surface area contributed by atoms with Crippen LogP contribution < -0.4 is 0 Å². The largest absolute Gasteiger partial charge is 0.472 e. The molecule has 0 amide bonds. The topological polar surface area (TPSA) is 237 Å². The second-order valence-corrected chi connectivity index (χ2v) is 31.6. The first-order valence-electron chi connectivity index (χ1n) is 38.7. The van der Waals surface area contributed by atoms with Crippen molar-refractivity contribution in [2.75, 3.05) is 39.6 Å². The lowest BCUT2D eigenvalue weighted by atomic mass is 9.99. The van der Waals surface area contributed by atoms with Crippen molar-refractivity contribution in [3.05, 3.63) is 0 Å². The van der Waals surface area contributed by atoms with Crippen molar-refractivity contribution < 1.29 is 80.2 Å². The Bertz CT molecular complexity index is 1850. The zero-order valence-corrected chi connectivity index (χ0v) is 63.4. The van der Waals surface area contributed by atoms with Crippen molar-refractivity contribution in [3.63, 3.8) is 0 Å². The molecule has 0 aromatic carbocycles. The van der Waals surface area contributed by atoms with Crippen LogP contribution in [0, 0.1) is 23.7 Å². The van der Waals surface area contributed by atoms with Gasteiger partial charge in [0.1, 0.15) is 19.3 Å². The van der Waals surface area contributed by atoms with E-state index in [2.05, 4.69) is 55.4 Å². The van der Waals surface area contributed by atoms with Gasteiger partial charge >= 0.3 is 39.5 Å². The summed E-state index contributed by atoms with van der Waals surface area (Å²) in [6.07, 6.45) is 48.4. The van der Waals surface area contributed by atoms with Crippen LogP contribution in [0.4, 0.5) is 0 Å². The van der Waals surface area contributed by atoms with Crippen LogP contribution in [0.5, 0.6) is 0 Å². The average molecular weight is 1380 g/mol. The highest BCUT2D eigenvalue weighted by atomic mass is 31.2. The molecule has 0 saturated heterocycles. The normalized spacial score (nSPS) is 14.4. The van der Waals surface area contributed by atoms with Crippen LogP contribution in [-0.4, -0.2) is 96.7 Å². The minimum atomic E-state index is -4.96. The van der Waals surface area contributed by atoms with E-state index >= 15 is 0 Å². The fraction of sp³-hybridized carbons (Fsp3) is 0.947. The third-order valence-corrected chi connectivity index (χ3v) is 19.6. The number of phosphoric acid groups is 2. The van der Waals surface area contributed by atoms with Crippen LogP contribution >= 0.6 is 15.6 Å². The minimum absolute atomic E-state index is 0.105. The molecular weight excluding hydrogens is 1230 g/mol. The first kappa shape index (κ1) is 92.1. The van der Waals surface area contributed by atoms with E-state index in [1.165, 1.54) is 180 Å². The van der Waals surface area contributed by atoms with Gasteiger partial charge in [-0.1, -0.05) is 325 Å². The van der Waals surface area contributed by atoms with E-state index in [1.807, 2.05) is 0 Å². The SMILES string of the molecule is CCC(C)CCCCCCCCCCCCC(=O)O[C@H](COC(=O)CCCCCCCCCCC(C)C)COP(=O)(O)OCC(O)COP(=O)(O)OC[C@@H](COC(=O)CCCCCCCCCCCCC(C)C)OC(=O)CCCCCCCCCCCCCCCC(C)C. The number of hydrogen-bond donors (Lipinski definition) is 3. The number of esters is 4. The summed E-state index contributed by atoms with van der Waals surface area (Å²) in [7, 11) is -9.91. The number of unbranched alkanes of at least 4 members (excludes halogenated alkanes) is 37. The van der Waals surface area contributed by atoms with Gasteiger partial charge in [0.15, 0.2) is 12.2 Å². The molecule has 0 radical (unpaired) electrons. The average Bonchev–Trinajstić information content (AvgIpc) is 1.24. The lowest BCUT2D eigenvalue weighted by Gasteiger charge is -2.21. The summed E-state index contributed by atoms with van der Waals surface area (Å²) in [4.78, 5) is 72.8. The van der Waals surface area contributed by atoms with Gasteiger partial charge in [0.05, 0.1) is 26.4 Å². The number of ether oxygens (including phenoxy) is 4. The van der Waals surface area contributed by atoms with Gasteiger partial charge in [0.2, 0.25) is 0 Å². The number of phosphoric ester groups is 2. The Morgan fingerprint density at radius 1 is 0.298 bits per heavy atom. The second-order valence-electron chi connectivity index (χ2n) is 28.7. The quantitative estimate of drug-likeness (QED) is 0.0222. The van der Waals surface area contributed by atoms with E-state index in [4.69, 9.17) is 37.0 Å². The molecule has 19 heteroatoms. The summed E-state index contributed by atoms with van der Waals surface area (Å²) < 4.78 is 68.5. The summed E-state index contributed by atoms with van der Waals surface area (Å²) in [6, 6.07) is 0. The number of carbonyl (C=O) groups is 4. The molecule has 558 valence electrons. The van der Waals surface area contributed by atoms with Crippen LogP contribution in [0.2, 0.25) is 0 Å². The smallest absolute Gasteiger partial charge is 0.462 e. The molecule has 0 bridgehead atoms. The molecule has 6 atom stereocenters. The summed E-state index contributed by atoms with van der Waals surface area (Å²) >= 11 is 0. The summed E-state index contributed by atoms with van der Waals surface area (Å²) in [5.74, 6) is 0.952. The van der Waals surface area contributed by atoms with Crippen LogP contribution in [-0.2, 0) is 65.4 Å². The summed E-state index contributed by atoms with van der Waals surface area (Å²) in [6.45, 7) is 14.2. The van der Waals surface area contributed by atoms with Crippen molar-refractivity contribution in [1.29, 1.82) is 0 Å². The highest BCUT2D eigenvalue weighted by molar-refractivity contribution is 7.47. The Morgan fingerprint density at radius 3 is 0.755 bits per heavy atom. The summed E-state index contributed by atoms with van der Waals surface area (Å²) in [5, 5.41) is 10.6.